The number of aryl methyl sites for hydroxylation is 2. The highest BCUT2D eigenvalue weighted by atomic mass is 32.1. The first kappa shape index (κ1) is 12.3. The van der Waals surface area contributed by atoms with Crippen LogP contribution in [-0.4, -0.2) is 27.6 Å². The van der Waals surface area contributed by atoms with Crippen LogP contribution < -0.4 is 5.32 Å². The quantitative estimate of drug-likeness (QED) is 0.875. The van der Waals surface area contributed by atoms with E-state index in [-0.39, 0.29) is 0 Å². The van der Waals surface area contributed by atoms with Crippen LogP contribution in [0.5, 0.6) is 0 Å². The lowest BCUT2D eigenvalue weighted by Crippen LogP contribution is -2.31. The maximum atomic E-state index is 4.50. The summed E-state index contributed by atoms with van der Waals surface area (Å²) < 4.78 is 2.07. The Labute approximate surface area is 106 Å². The molecule has 0 aliphatic heterocycles. The van der Waals surface area contributed by atoms with Gasteiger partial charge in [-0.05, 0) is 14.0 Å². The van der Waals surface area contributed by atoms with E-state index in [4.69, 9.17) is 0 Å². The fourth-order valence-corrected chi connectivity index (χ4v) is 2.47. The molecule has 2 rings (SSSR count). The lowest BCUT2D eigenvalue weighted by atomic mass is 10.1. The SMILES string of the molecule is CNC(Cc1csc(C)n1)Cc1nccn1C. The molecule has 0 saturated heterocycles. The normalized spacial score (nSPS) is 12.9. The van der Waals surface area contributed by atoms with Crippen LogP contribution in [0.15, 0.2) is 17.8 Å². The molecule has 1 N–H and O–H groups in total. The van der Waals surface area contributed by atoms with E-state index in [1.54, 1.807) is 11.3 Å². The maximum Gasteiger partial charge on any atom is 0.109 e. The van der Waals surface area contributed by atoms with Gasteiger partial charge in [-0.1, -0.05) is 0 Å². The van der Waals surface area contributed by atoms with E-state index in [1.807, 2.05) is 33.4 Å². The Morgan fingerprint density at radius 2 is 2.29 bits per heavy atom. The number of nitrogens with one attached hydrogen (secondary N) is 1. The van der Waals surface area contributed by atoms with E-state index in [2.05, 4.69) is 25.2 Å². The third-order valence-electron chi connectivity index (χ3n) is 2.88. The molecule has 0 aliphatic carbocycles. The van der Waals surface area contributed by atoms with E-state index < -0.39 is 0 Å². The molecule has 2 aromatic heterocycles. The average molecular weight is 250 g/mol. The van der Waals surface area contributed by atoms with E-state index in [0.29, 0.717) is 6.04 Å². The predicted octanol–water partition coefficient (Wildman–Crippen LogP) is 1.56. The second kappa shape index (κ2) is 5.42. The third-order valence-corrected chi connectivity index (χ3v) is 3.70. The van der Waals surface area contributed by atoms with Gasteiger partial charge < -0.3 is 9.88 Å². The zero-order chi connectivity index (χ0) is 12.3. The van der Waals surface area contributed by atoms with Crippen LogP contribution >= 0.6 is 11.3 Å². The lowest BCUT2D eigenvalue weighted by Gasteiger charge is -2.14. The van der Waals surface area contributed by atoms with Gasteiger partial charge in [0.15, 0.2) is 0 Å². The maximum absolute atomic E-state index is 4.50. The number of hydrogen-bond donors (Lipinski definition) is 1. The molecule has 0 amide bonds. The molecule has 17 heavy (non-hydrogen) atoms. The van der Waals surface area contributed by atoms with Crippen molar-refractivity contribution in [3.8, 4) is 0 Å². The molecule has 1 atom stereocenters. The van der Waals surface area contributed by atoms with Crippen molar-refractivity contribution in [2.75, 3.05) is 7.05 Å². The molecule has 0 saturated carbocycles. The van der Waals surface area contributed by atoms with Crippen molar-refractivity contribution < 1.29 is 0 Å². The van der Waals surface area contributed by atoms with Crippen LogP contribution in [0, 0.1) is 6.92 Å². The van der Waals surface area contributed by atoms with Gasteiger partial charge in [0.2, 0.25) is 0 Å². The molecule has 2 heterocycles. The molecule has 0 aliphatic rings. The van der Waals surface area contributed by atoms with Gasteiger partial charge in [0.05, 0.1) is 10.7 Å². The summed E-state index contributed by atoms with van der Waals surface area (Å²) >= 11 is 1.71. The van der Waals surface area contributed by atoms with Crippen LogP contribution in [0.2, 0.25) is 0 Å². The second-order valence-electron chi connectivity index (χ2n) is 4.21. The van der Waals surface area contributed by atoms with Crippen LogP contribution in [0.25, 0.3) is 0 Å². The highest BCUT2D eigenvalue weighted by molar-refractivity contribution is 7.09. The molecule has 0 aromatic carbocycles. The van der Waals surface area contributed by atoms with Crippen molar-refractivity contribution in [3.63, 3.8) is 0 Å². The van der Waals surface area contributed by atoms with E-state index >= 15 is 0 Å². The molecule has 5 heteroatoms. The summed E-state index contributed by atoms with van der Waals surface area (Å²) in [5.74, 6) is 1.11. The van der Waals surface area contributed by atoms with E-state index in [9.17, 15) is 0 Å². The number of rotatable bonds is 5. The predicted molar refractivity (Wildman–Crippen MR) is 70.3 cm³/mol. The van der Waals surface area contributed by atoms with Crippen LogP contribution in [0.3, 0.4) is 0 Å². The topological polar surface area (TPSA) is 42.7 Å². The monoisotopic (exact) mass is 250 g/mol. The van der Waals surface area contributed by atoms with Gasteiger partial charge in [-0.15, -0.1) is 11.3 Å². The zero-order valence-electron chi connectivity index (χ0n) is 10.5. The smallest absolute Gasteiger partial charge is 0.109 e. The first-order valence-corrected chi connectivity index (χ1v) is 6.61. The molecular weight excluding hydrogens is 232 g/mol. The minimum Gasteiger partial charge on any atom is -0.338 e. The number of likely N-dealkylation sites (N-methyl/N-ethyl adjacent to an activating group) is 1. The summed E-state index contributed by atoms with van der Waals surface area (Å²) in [6.45, 7) is 2.04. The molecular formula is C12H18N4S. The van der Waals surface area contributed by atoms with Crippen molar-refractivity contribution in [1.82, 2.24) is 19.9 Å². The standard InChI is InChI=1S/C12H18N4S/c1-9-15-11(8-17-9)6-10(13-2)7-12-14-4-5-16(12)3/h4-5,8,10,13H,6-7H2,1-3H3. The first-order chi connectivity index (χ1) is 8.19. The van der Waals surface area contributed by atoms with Crippen LogP contribution in [0.4, 0.5) is 0 Å². The van der Waals surface area contributed by atoms with Crippen LogP contribution in [-0.2, 0) is 19.9 Å². The first-order valence-electron chi connectivity index (χ1n) is 5.73. The summed E-state index contributed by atoms with van der Waals surface area (Å²) in [5.41, 5.74) is 1.17. The highest BCUT2D eigenvalue weighted by Gasteiger charge is 2.12. The van der Waals surface area contributed by atoms with Gasteiger partial charge in [-0.2, -0.15) is 0 Å². The summed E-state index contributed by atoms with van der Waals surface area (Å²) in [6.07, 6.45) is 5.70. The Kier molecular flexibility index (Phi) is 3.91. The minimum atomic E-state index is 0.387. The molecule has 0 spiro atoms. The zero-order valence-corrected chi connectivity index (χ0v) is 11.3. The van der Waals surface area contributed by atoms with Gasteiger partial charge in [-0.25, -0.2) is 9.97 Å². The van der Waals surface area contributed by atoms with Crippen molar-refractivity contribution in [1.29, 1.82) is 0 Å². The van der Waals surface area contributed by atoms with E-state index in [0.717, 1.165) is 23.7 Å². The Morgan fingerprint density at radius 1 is 1.47 bits per heavy atom. The molecule has 0 fully saturated rings. The molecule has 4 nitrogen and oxygen atoms in total. The van der Waals surface area contributed by atoms with Crippen molar-refractivity contribution in [2.24, 2.45) is 7.05 Å². The average Bonchev–Trinajstić information content (AvgIpc) is 2.88. The number of aromatic nitrogens is 3. The number of thiazole rings is 1. The van der Waals surface area contributed by atoms with Gasteiger partial charge in [0.25, 0.3) is 0 Å². The Hall–Kier alpha value is -1.20. The number of imidazole rings is 1. The van der Waals surface area contributed by atoms with E-state index in [1.165, 1.54) is 5.69 Å². The summed E-state index contributed by atoms with van der Waals surface area (Å²) in [4.78, 5) is 8.86. The van der Waals surface area contributed by atoms with Gasteiger partial charge >= 0.3 is 0 Å². The van der Waals surface area contributed by atoms with Crippen molar-refractivity contribution in [3.05, 3.63) is 34.3 Å². The Bertz CT molecular complexity index is 474. The number of hydrogen-bond acceptors (Lipinski definition) is 4. The largest absolute Gasteiger partial charge is 0.338 e. The Balaban J connectivity index is 2.00. The third kappa shape index (κ3) is 3.14. The van der Waals surface area contributed by atoms with Gasteiger partial charge in [0, 0.05) is 43.7 Å². The molecule has 92 valence electrons. The summed E-state index contributed by atoms with van der Waals surface area (Å²) in [6, 6.07) is 0.387. The Morgan fingerprint density at radius 3 is 2.82 bits per heavy atom. The fourth-order valence-electron chi connectivity index (χ4n) is 1.84. The summed E-state index contributed by atoms with van der Waals surface area (Å²) in [5, 5.41) is 6.60. The second-order valence-corrected chi connectivity index (χ2v) is 5.27. The van der Waals surface area contributed by atoms with Crippen LogP contribution in [0.1, 0.15) is 16.5 Å². The molecule has 2 aromatic rings. The fraction of sp³-hybridized carbons (Fsp3) is 0.500. The van der Waals surface area contributed by atoms with Gasteiger partial charge in [-0.3, -0.25) is 0 Å². The van der Waals surface area contributed by atoms with Crippen molar-refractivity contribution in [2.45, 2.75) is 25.8 Å². The van der Waals surface area contributed by atoms with Crippen molar-refractivity contribution >= 4 is 11.3 Å². The lowest BCUT2D eigenvalue weighted by molar-refractivity contribution is 0.530. The van der Waals surface area contributed by atoms with Gasteiger partial charge in [0.1, 0.15) is 5.82 Å². The molecule has 1 unspecified atom stereocenters. The highest BCUT2D eigenvalue weighted by Crippen LogP contribution is 2.11. The number of nitrogens with zero attached hydrogens (tertiary/aromatic N) is 3. The molecule has 0 radical (unpaired) electrons. The molecule has 0 bridgehead atoms. The summed E-state index contributed by atoms with van der Waals surface area (Å²) in [7, 11) is 4.02. The minimum absolute atomic E-state index is 0.387.